The molecule has 0 unspecified atom stereocenters. The predicted molar refractivity (Wildman–Crippen MR) is 78.8 cm³/mol. The first-order chi connectivity index (χ1) is 9.10. The summed E-state index contributed by atoms with van der Waals surface area (Å²) in [5, 5.41) is 12.3. The van der Waals surface area contributed by atoms with Crippen LogP contribution in [-0.4, -0.2) is 11.1 Å². The van der Waals surface area contributed by atoms with E-state index in [0.29, 0.717) is 17.9 Å². The highest BCUT2D eigenvalue weighted by Crippen LogP contribution is 2.22. The maximum absolute atomic E-state index is 11.1. The van der Waals surface area contributed by atoms with Gasteiger partial charge in [-0.05, 0) is 36.8 Å². The second kappa shape index (κ2) is 5.75. The first kappa shape index (κ1) is 13.4. The van der Waals surface area contributed by atoms with Gasteiger partial charge in [0.2, 0.25) is 0 Å². The second-order valence-corrected chi connectivity index (χ2v) is 5.44. The monoisotopic (exact) mass is 276 g/mol. The molecule has 2 aromatic rings. The molecular weight excluding hydrogens is 260 g/mol. The van der Waals surface area contributed by atoms with Gasteiger partial charge in [0.05, 0.1) is 5.56 Å². The van der Waals surface area contributed by atoms with Gasteiger partial charge in [-0.25, -0.2) is 4.79 Å². The molecule has 100 valence electrons. The van der Waals surface area contributed by atoms with E-state index in [0.717, 1.165) is 6.42 Å². The number of anilines is 2. The van der Waals surface area contributed by atoms with Gasteiger partial charge in [-0.3, -0.25) is 0 Å². The first-order valence-corrected chi connectivity index (χ1v) is 6.86. The molecule has 4 nitrogen and oxygen atoms in total. The van der Waals surface area contributed by atoms with Crippen molar-refractivity contribution >= 4 is 28.7 Å². The van der Waals surface area contributed by atoms with Crippen LogP contribution in [0.4, 0.5) is 11.4 Å². The number of carboxylic acid groups (broad SMARTS) is 1. The summed E-state index contributed by atoms with van der Waals surface area (Å²) in [4.78, 5) is 13.7. The lowest BCUT2D eigenvalue weighted by Gasteiger charge is -2.09. The quantitative estimate of drug-likeness (QED) is 0.733. The van der Waals surface area contributed by atoms with E-state index in [4.69, 9.17) is 10.8 Å². The first-order valence-electron chi connectivity index (χ1n) is 6.04. The molecule has 0 radical (unpaired) electrons. The van der Waals surface area contributed by atoms with Crippen molar-refractivity contribution in [1.29, 1.82) is 0 Å². The number of nitrogens with one attached hydrogen (secondary N) is 1. The standard InChI is InChI=1S/C14H16N2O2S/c1-2-10-4-5-11(19-10)8-16-13-6-3-9(15)7-12(13)14(17)18/h3-7,16H,2,8,15H2,1H3,(H,17,18). The van der Waals surface area contributed by atoms with E-state index in [9.17, 15) is 4.79 Å². The lowest BCUT2D eigenvalue weighted by molar-refractivity contribution is 0.0698. The van der Waals surface area contributed by atoms with E-state index in [1.54, 1.807) is 23.5 Å². The highest BCUT2D eigenvalue weighted by Gasteiger charge is 2.10. The Bertz CT molecular complexity index is 593. The molecule has 2 rings (SSSR count). The summed E-state index contributed by atoms with van der Waals surface area (Å²) in [6, 6.07) is 9.03. The number of carbonyl (C=O) groups is 1. The van der Waals surface area contributed by atoms with Crippen LogP contribution in [0.3, 0.4) is 0 Å². The zero-order valence-electron chi connectivity index (χ0n) is 10.6. The van der Waals surface area contributed by atoms with E-state index in [2.05, 4.69) is 24.4 Å². The van der Waals surface area contributed by atoms with Crippen molar-refractivity contribution in [2.24, 2.45) is 0 Å². The minimum absolute atomic E-state index is 0.201. The Hall–Kier alpha value is -2.01. The Kier molecular flexibility index (Phi) is 4.06. The summed E-state index contributed by atoms with van der Waals surface area (Å²) in [5.74, 6) is -0.977. The number of thiophene rings is 1. The number of hydrogen-bond donors (Lipinski definition) is 3. The highest BCUT2D eigenvalue weighted by molar-refractivity contribution is 7.12. The van der Waals surface area contributed by atoms with Crippen LogP contribution in [0.2, 0.25) is 0 Å². The van der Waals surface area contributed by atoms with E-state index in [1.807, 2.05) is 0 Å². The van der Waals surface area contributed by atoms with Gasteiger partial charge >= 0.3 is 5.97 Å². The number of nitrogen functional groups attached to an aromatic ring is 1. The van der Waals surface area contributed by atoms with Gasteiger partial charge in [-0.15, -0.1) is 11.3 Å². The average molecular weight is 276 g/mol. The van der Waals surface area contributed by atoms with Gasteiger partial charge in [0.1, 0.15) is 0 Å². The van der Waals surface area contributed by atoms with Crippen molar-refractivity contribution in [3.05, 3.63) is 45.6 Å². The molecule has 0 aliphatic carbocycles. The molecular formula is C14H16N2O2S. The van der Waals surface area contributed by atoms with Gasteiger partial charge in [-0.1, -0.05) is 6.92 Å². The smallest absolute Gasteiger partial charge is 0.337 e. The van der Waals surface area contributed by atoms with Gasteiger partial charge in [0.15, 0.2) is 0 Å². The molecule has 0 saturated heterocycles. The fraction of sp³-hybridized carbons (Fsp3) is 0.214. The molecule has 4 N–H and O–H groups in total. The largest absolute Gasteiger partial charge is 0.478 e. The summed E-state index contributed by atoms with van der Waals surface area (Å²) in [7, 11) is 0. The van der Waals surface area contributed by atoms with Crippen LogP contribution < -0.4 is 11.1 Å². The lowest BCUT2D eigenvalue weighted by atomic mass is 10.1. The third-order valence-corrected chi connectivity index (χ3v) is 4.02. The Labute approximate surface area is 115 Å². The van der Waals surface area contributed by atoms with Gasteiger partial charge in [0.25, 0.3) is 0 Å². The summed E-state index contributed by atoms with van der Waals surface area (Å²) in [5.41, 5.74) is 6.85. The van der Waals surface area contributed by atoms with Crippen molar-refractivity contribution in [2.75, 3.05) is 11.1 Å². The lowest BCUT2D eigenvalue weighted by Crippen LogP contribution is -2.06. The zero-order chi connectivity index (χ0) is 13.8. The van der Waals surface area contributed by atoms with Crippen LogP contribution in [0.1, 0.15) is 27.0 Å². The van der Waals surface area contributed by atoms with Crippen molar-refractivity contribution in [3.8, 4) is 0 Å². The predicted octanol–water partition coefficient (Wildman–Crippen LogP) is 3.20. The van der Waals surface area contributed by atoms with E-state index >= 15 is 0 Å². The third kappa shape index (κ3) is 3.26. The molecule has 0 spiro atoms. The molecule has 1 aromatic carbocycles. The summed E-state index contributed by atoms with van der Waals surface area (Å²) in [6.07, 6.45) is 1.02. The fourth-order valence-electron chi connectivity index (χ4n) is 1.78. The van der Waals surface area contributed by atoms with Crippen molar-refractivity contribution in [1.82, 2.24) is 0 Å². The minimum Gasteiger partial charge on any atom is -0.478 e. The molecule has 5 heteroatoms. The number of carboxylic acids is 1. The van der Waals surface area contributed by atoms with Gasteiger partial charge in [0, 0.05) is 27.7 Å². The molecule has 0 bridgehead atoms. The molecule has 1 heterocycles. The molecule has 19 heavy (non-hydrogen) atoms. The molecule has 0 aliphatic rings. The van der Waals surface area contributed by atoms with Crippen LogP contribution in [0.15, 0.2) is 30.3 Å². The molecule has 0 saturated carbocycles. The fourth-order valence-corrected chi connectivity index (χ4v) is 2.68. The average Bonchev–Trinajstić information content (AvgIpc) is 2.85. The van der Waals surface area contributed by atoms with Crippen LogP contribution >= 0.6 is 11.3 Å². The number of hydrogen-bond acceptors (Lipinski definition) is 4. The summed E-state index contributed by atoms with van der Waals surface area (Å²) in [6.45, 7) is 2.74. The van der Waals surface area contributed by atoms with Crippen LogP contribution in [-0.2, 0) is 13.0 Å². The Morgan fingerprint density at radius 3 is 2.68 bits per heavy atom. The molecule has 1 aromatic heterocycles. The van der Waals surface area contributed by atoms with E-state index < -0.39 is 5.97 Å². The van der Waals surface area contributed by atoms with E-state index in [-0.39, 0.29) is 5.56 Å². The third-order valence-electron chi connectivity index (χ3n) is 2.79. The highest BCUT2D eigenvalue weighted by atomic mass is 32.1. The van der Waals surface area contributed by atoms with Crippen molar-refractivity contribution < 1.29 is 9.90 Å². The Morgan fingerprint density at radius 2 is 2.05 bits per heavy atom. The minimum atomic E-state index is -0.977. The topological polar surface area (TPSA) is 75.3 Å². The number of rotatable bonds is 5. The zero-order valence-corrected chi connectivity index (χ0v) is 11.5. The second-order valence-electron chi connectivity index (χ2n) is 4.19. The normalized spacial score (nSPS) is 10.4. The van der Waals surface area contributed by atoms with Crippen LogP contribution in [0, 0.1) is 0 Å². The molecule has 0 amide bonds. The Balaban J connectivity index is 2.12. The van der Waals surface area contributed by atoms with Crippen LogP contribution in [0.25, 0.3) is 0 Å². The van der Waals surface area contributed by atoms with Crippen molar-refractivity contribution in [2.45, 2.75) is 19.9 Å². The van der Waals surface area contributed by atoms with Gasteiger partial charge in [-0.2, -0.15) is 0 Å². The molecule has 0 fully saturated rings. The number of aromatic carboxylic acids is 1. The molecule has 0 atom stereocenters. The van der Waals surface area contributed by atoms with Crippen molar-refractivity contribution in [3.63, 3.8) is 0 Å². The summed E-state index contributed by atoms with van der Waals surface area (Å²) >= 11 is 1.73. The SMILES string of the molecule is CCc1ccc(CNc2ccc(N)cc2C(=O)O)s1. The number of nitrogens with two attached hydrogens (primary N) is 1. The molecule has 0 aliphatic heterocycles. The Morgan fingerprint density at radius 1 is 1.32 bits per heavy atom. The maximum Gasteiger partial charge on any atom is 0.337 e. The maximum atomic E-state index is 11.1. The number of benzene rings is 1. The number of aryl methyl sites for hydroxylation is 1. The summed E-state index contributed by atoms with van der Waals surface area (Å²) < 4.78 is 0. The van der Waals surface area contributed by atoms with Crippen LogP contribution in [0.5, 0.6) is 0 Å². The van der Waals surface area contributed by atoms with Gasteiger partial charge < -0.3 is 16.2 Å². The van der Waals surface area contributed by atoms with E-state index in [1.165, 1.54) is 15.8 Å².